The van der Waals surface area contributed by atoms with Gasteiger partial charge in [0.25, 0.3) is 0 Å². The molecule has 0 aliphatic heterocycles. The summed E-state index contributed by atoms with van der Waals surface area (Å²) in [7, 11) is 0. The first-order valence-corrected chi connectivity index (χ1v) is 6.62. The lowest BCUT2D eigenvalue weighted by Gasteiger charge is -2.16. The van der Waals surface area contributed by atoms with Crippen LogP contribution in [0.3, 0.4) is 0 Å². The molecule has 17 heavy (non-hydrogen) atoms. The van der Waals surface area contributed by atoms with Gasteiger partial charge in [-0.25, -0.2) is 4.98 Å². The molecule has 0 aliphatic carbocycles. The molecular formula is C11H17N3O2S. The second-order valence-corrected chi connectivity index (χ2v) is 4.54. The molecule has 0 radical (unpaired) electrons. The molecule has 0 fully saturated rings. The zero-order chi connectivity index (χ0) is 12.7. The molecule has 0 unspecified atom stereocenters. The van der Waals surface area contributed by atoms with Gasteiger partial charge in [-0.2, -0.15) is 0 Å². The van der Waals surface area contributed by atoms with Crippen molar-refractivity contribution in [1.29, 1.82) is 0 Å². The molecule has 5 nitrogen and oxygen atoms in total. The third-order valence-electron chi connectivity index (χ3n) is 2.49. The molecule has 0 saturated carbocycles. The molecule has 0 N–H and O–H groups in total. The predicted octanol–water partition coefficient (Wildman–Crippen LogP) is 2.42. The van der Waals surface area contributed by atoms with E-state index >= 15 is 0 Å². The number of hydrogen-bond acceptors (Lipinski definition) is 5. The van der Waals surface area contributed by atoms with E-state index in [9.17, 15) is 10.1 Å². The Bertz CT molecular complexity index is 369. The Hall–Kier alpha value is -1.14. The number of aromatic nitrogens is 1. The molecule has 0 saturated heterocycles. The minimum Gasteiger partial charge on any atom is -0.303 e. The average molecular weight is 255 g/mol. The van der Waals surface area contributed by atoms with Gasteiger partial charge in [0.1, 0.15) is 0 Å². The lowest BCUT2D eigenvalue weighted by molar-refractivity contribution is -0.388. The average Bonchev–Trinajstić information content (AvgIpc) is 2.35. The van der Waals surface area contributed by atoms with E-state index in [1.165, 1.54) is 17.8 Å². The monoisotopic (exact) mass is 255 g/mol. The van der Waals surface area contributed by atoms with E-state index in [0.717, 1.165) is 25.4 Å². The summed E-state index contributed by atoms with van der Waals surface area (Å²) in [6.45, 7) is 7.14. The highest BCUT2D eigenvalue weighted by Crippen LogP contribution is 2.25. The molecule has 0 atom stereocenters. The van der Waals surface area contributed by atoms with Crippen LogP contribution in [0.25, 0.3) is 0 Å². The van der Waals surface area contributed by atoms with Crippen LogP contribution in [0.4, 0.5) is 5.69 Å². The first kappa shape index (κ1) is 13.9. The van der Waals surface area contributed by atoms with Gasteiger partial charge >= 0.3 is 5.69 Å². The fourth-order valence-corrected chi connectivity index (χ4v) is 2.41. The van der Waals surface area contributed by atoms with E-state index in [0.29, 0.717) is 5.03 Å². The Balaban J connectivity index is 2.54. The molecule has 94 valence electrons. The lowest BCUT2D eigenvalue weighted by Crippen LogP contribution is -2.25. The van der Waals surface area contributed by atoms with E-state index in [4.69, 9.17) is 0 Å². The van der Waals surface area contributed by atoms with Gasteiger partial charge in [-0.15, -0.1) is 0 Å². The van der Waals surface area contributed by atoms with Gasteiger partial charge in [-0.1, -0.05) is 25.6 Å². The molecule has 0 aromatic carbocycles. The molecule has 1 rings (SSSR count). The van der Waals surface area contributed by atoms with Crippen molar-refractivity contribution in [2.45, 2.75) is 18.9 Å². The molecule has 1 aromatic heterocycles. The maximum absolute atomic E-state index is 10.8. The first-order valence-electron chi connectivity index (χ1n) is 5.63. The van der Waals surface area contributed by atoms with Crippen LogP contribution in [-0.4, -0.2) is 40.2 Å². The second kappa shape index (κ2) is 7.24. The number of hydrogen-bond donors (Lipinski definition) is 0. The second-order valence-electron chi connectivity index (χ2n) is 3.46. The van der Waals surface area contributed by atoms with Crippen molar-refractivity contribution in [1.82, 2.24) is 9.88 Å². The van der Waals surface area contributed by atoms with E-state index in [1.54, 1.807) is 12.3 Å². The fourth-order valence-electron chi connectivity index (χ4n) is 1.44. The molecule has 0 aliphatic rings. The van der Waals surface area contributed by atoms with Crippen molar-refractivity contribution in [3.8, 4) is 0 Å². The summed E-state index contributed by atoms with van der Waals surface area (Å²) >= 11 is 1.44. The van der Waals surface area contributed by atoms with E-state index < -0.39 is 0 Å². The van der Waals surface area contributed by atoms with Gasteiger partial charge in [-0.05, 0) is 19.2 Å². The summed E-state index contributed by atoms with van der Waals surface area (Å²) in [5.41, 5.74) is 0.0945. The Morgan fingerprint density at radius 3 is 2.76 bits per heavy atom. The van der Waals surface area contributed by atoms with E-state index in [-0.39, 0.29) is 10.6 Å². The van der Waals surface area contributed by atoms with Gasteiger partial charge in [0.05, 0.1) is 4.92 Å². The van der Waals surface area contributed by atoms with Gasteiger partial charge in [0.15, 0.2) is 5.03 Å². The minimum absolute atomic E-state index is 0.0945. The van der Waals surface area contributed by atoms with Crippen molar-refractivity contribution in [3.05, 3.63) is 28.4 Å². The zero-order valence-electron chi connectivity index (χ0n) is 10.1. The number of nitrogens with zero attached hydrogens (tertiary/aromatic N) is 3. The Morgan fingerprint density at radius 1 is 1.47 bits per heavy atom. The molecule has 1 heterocycles. The van der Waals surface area contributed by atoms with Crippen LogP contribution in [0.15, 0.2) is 23.4 Å². The molecule has 0 amide bonds. The maximum Gasteiger partial charge on any atom is 0.301 e. The van der Waals surface area contributed by atoms with Crippen molar-refractivity contribution in [2.75, 3.05) is 25.4 Å². The summed E-state index contributed by atoms with van der Waals surface area (Å²) < 4.78 is 0. The third-order valence-corrected chi connectivity index (χ3v) is 3.46. The van der Waals surface area contributed by atoms with Crippen LogP contribution in [-0.2, 0) is 0 Å². The van der Waals surface area contributed by atoms with E-state index in [1.807, 2.05) is 0 Å². The summed E-state index contributed by atoms with van der Waals surface area (Å²) in [6.07, 6.45) is 1.59. The van der Waals surface area contributed by atoms with Crippen LogP contribution in [0.2, 0.25) is 0 Å². The summed E-state index contributed by atoms with van der Waals surface area (Å²) in [6, 6.07) is 3.08. The largest absolute Gasteiger partial charge is 0.303 e. The van der Waals surface area contributed by atoms with Crippen LogP contribution >= 0.6 is 11.8 Å². The summed E-state index contributed by atoms with van der Waals surface area (Å²) in [4.78, 5) is 16.7. The zero-order valence-corrected chi connectivity index (χ0v) is 10.9. The number of nitro groups is 1. The predicted molar refractivity (Wildman–Crippen MR) is 69.4 cm³/mol. The van der Waals surface area contributed by atoms with Crippen molar-refractivity contribution in [3.63, 3.8) is 0 Å². The number of thioether (sulfide) groups is 1. The first-order chi connectivity index (χ1) is 8.19. The Morgan fingerprint density at radius 2 is 2.18 bits per heavy atom. The fraction of sp³-hybridized carbons (Fsp3) is 0.545. The molecule has 0 spiro atoms. The van der Waals surface area contributed by atoms with E-state index in [2.05, 4.69) is 23.7 Å². The highest BCUT2D eigenvalue weighted by Gasteiger charge is 2.14. The summed E-state index contributed by atoms with van der Waals surface area (Å²) in [5.74, 6) is 0.819. The maximum atomic E-state index is 10.8. The van der Waals surface area contributed by atoms with Crippen molar-refractivity contribution < 1.29 is 4.92 Å². The molecular weight excluding hydrogens is 238 g/mol. The summed E-state index contributed by atoms with van der Waals surface area (Å²) in [5, 5.41) is 11.3. The third kappa shape index (κ3) is 4.32. The van der Waals surface area contributed by atoms with Crippen LogP contribution in [0, 0.1) is 10.1 Å². The lowest BCUT2D eigenvalue weighted by atomic mass is 10.4. The number of rotatable bonds is 7. The minimum atomic E-state index is -0.382. The van der Waals surface area contributed by atoms with Crippen molar-refractivity contribution in [2.24, 2.45) is 0 Å². The quantitative estimate of drug-likeness (QED) is 0.425. The highest BCUT2D eigenvalue weighted by atomic mass is 32.2. The Labute approximate surface area is 105 Å². The standard InChI is InChI=1S/C11H17N3O2S/c1-3-13(4-2)8-9-17-11-10(14(15)16)6-5-7-12-11/h5-7H,3-4,8-9H2,1-2H3. The van der Waals surface area contributed by atoms with Crippen LogP contribution in [0.1, 0.15) is 13.8 Å². The Kier molecular flexibility index (Phi) is 5.93. The van der Waals surface area contributed by atoms with Gasteiger partial charge < -0.3 is 4.90 Å². The van der Waals surface area contributed by atoms with Gasteiger partial charge in [-0.3, -0.25) is 10.1 Å². The van der Waals surface area contributed by atoms with Gasteiger partial charge in [0.2, 0.25) is 0 Å². The molecule has 1 aromatic rings. The van der Waals surface area contributed by atoms with Crippen LogP contribution < -0.4 is 0 Å². The topological polar surface area (TPSA) is 59.3 Å². The number of pyridine rings is 1. The van der Waals surface area contributed by atoms with Crippen LogP contribution in [0.5, 0.6) is 0 Å². The smallest absolute Gasteiger partial charge is 0.301 e. The van der Waals surface area contributed by atoms with Gasteiger partial charge in [0, 0.05) is 24.6 Å². The highest BCUT2D eigenvalue weighted by molar-refractivity contribution is 7.99. The SMILES string of the molecule is CCN(CC)CCSc1ncccc1[N+](=O)[O-]. The molecule has 6 heteroatoms. The molecule has 0 bridgehead atoms. The van der Waals surface area contributed by atoms with Crippen molar-refractivity contribution >= 4 is 17.4 Å². The normalized spacial score (nSPS) is 10.8.